The Bertz CT molecular complexity index is 1520. The molecular formula is C28H24N4O5. The maximum absolute atomic E-state index is 12.6. The van der Waals surface area contributed by atoms with Crippen LogP contribution in [0.5, 0.6) is 11.5 Å². The van der Waals surface area contributed by atoms with Crippen LogP contribution in [0.15, 0.2) is 78.5 Å². The van der Waals surface area contributed by atoms with Gasteiger partial charge in [0.05, 0.1) is 12.0 Å². The average molecular weight is 497 g/mol. The molecule has 0 aliphatic rings. The highest BCUT2D eigenvalue weighted by Gasteiger charge is 2.12. The monoisotopic (exact) mass is 496 g/mol. The number of nitro groups is 1. The predicted octanol–water partition coefficient (Wildman–Crippen LogP) is 4.93. The molecule has 1 heterocycles. The summed E-state index contributed by atoms with van der Waals surface area (Å²) in [5, 5.41) is 24.4. The molecule has 0 saturated carbocycles. The molecule has 0 spiro atoms. The fraction of sp³-hybridized carbons (Fsp3) is 0.143. The number of benzene rings is 3. The Morgan fingerprint density at radius 1 is 1.14 bits per heavy atom. The Labute approximate surface area is 213 Å². The molecule has 3 aromatic carbocycles. The minimum atomic E-state index is -0.465. The van der Waals surface area contributed by atoms with Crippen LogP contribution in [0.25, 0.3) is 17.0 Å². The number of para-hydroxylation sites is 1. The Morgan fingerprint density at radius 3 is 2.76 bits per heavy atom. The maximum Gasteiger partial charge on any atom is 0.269 e. The van der Waals surface area contributed by atoms with Gasteiger partial charge in [-0.1, -0.05) is 36.4 Å². The van der Waals surface area contributed by atoms with Gasteiger partial charge in [-0.2, -0.15) is 5.26 Å². The zero-order valence-electron chi connectivity index (χ0n) is 20.1. The summed E-state index contributed by atoms with van der Waals surface area (Å²) in [7, 11) is 1.48. The number of H-pyrrole nitrogens is 1. The number of methoxy groups -OCH3 is 1. The van der Waals surface area contributed by atoms with Gasteiger partial charge in [0.15, 0.2) is 11.5 Å². The lowest BCUT2D eigenvalue weighted by molar-refractivity contribution is -0.384. The number of aromatic nitrogens is 1. The molecule has 0 radical (unpaired) electrons. The first kappa shape index (κ1) is 25.0. The number of nitriles is 1. The fourth-order valence-corrected chi connectivity index (χ4v) is 3.87. The topological polar surface area (TPSA) is 130 Å². The molecule has 0 fully saturated rings. The Morgan fingerprint density at radius 2 is 1.97 bits per heavy atom. The van der Waals surface area contributed by atoms with Gasteiger partial charge < -0.3 is 19.8 Å². The van der Waals surface area contributed by atoms with Crippen molar-refractivity contribution in [3.8, 4) is 17.6 Å². The van der Waals surface area contributed by atoms with Crippen molar-refractivity contribution in [3.63, 3.8) is 0 Å². The third-order valence-corrected chi connectivity index (χ3v) is 5.73. The van der Waals surface area contributed by atoms with Crippen LogP contribution in [-0.4, -0.2) is 29.5 Å². The van der Waals surface area contributed by atoms with Crippen molar-refractivity contribution in [2.75, 3.05) is 13.7 Å². The first-order chi connectivity index (χ1) is 18.0. The van der Waals surface area contributed by atoms with E-state index < -0.39 is 10.8 Å². The van der Waals surface area contributed by atoms with Crippen LogP contribution >= 0.6 is 0 Å². The molecule has 0 bridgehead atoms. The Balaban J connectivity index is 1.39. The minimum Gasteiger partial charge on any atom is -0.493 e. The number of ether oxygens (including phenoxy) is 2. The first-order valence-electron chi connectivity index (χ1n) is 11.5. The van der Waals surface area contributed by atoms with Gasteiger partial charge in [-0.15, -0.1) is 0 Å². The average Bonchev–Trinajstić information content (AvgIpc) is 3.33. The van der Waals surface area contributed by atoms with Crippen LogP contribution in [-0.2, 0) is 17.8 Å². The number of amides is 1. The molecule has 4 aromatic rings. The molecular weight excluding hydrogens is 472 g/mol. The van der Waals surface area contributed by atoms with Crippen molar-refractivity contribution in [1.82, 2.24) is 10.3 Å². The first-order valence-corrected chi connectivity index (χ1v) is 11.5. The number of aromatic amines is 1. The Kier molecular flexibility index (Phi) is 7.81. The highest BCUT2D eigenvalue weighted by molar-refractivity contribution is 6.01. The van der Waals surface area contributed by atoms with E-state index in [4.69, 9.17) is 9.47 Å². The number of fused-ring (bicyclic) bond motifs is 1. The lowest BCUT2D eigenvalue weighted by Gasteiger charge is -2.11. The van der Waals surface area contributed by atoms with E-state index in [0.717, 1.165) is 16.5 Å². The van der Waals surface area contributed by atoms with Gasteiger partial charge >= 0.3 is 0 Å². The summed E-state index contributed by atoms with van der Waals surface area (Å²) in [6.07, 6.45) is 4.03. The van der Waals surface area contributed by atoms with E-state index in [0.29, 0.717) is 35.6 Å². The Hall–Kier alpha value is -5.10. The second-order valence-corrected chi connectivity index (χ2v) is 8.16. The van der Waals surface area contributed by atoms with Crippen LogP contribution in [0, 0.1) is 21.4 Å². The molecule has 1 aromatic heterocycles. The highest BCUT2D eigenvalue weighted by atomic mass is 16.6. The van der Waals surface area contributed by atoms with Gasteiger partial charge in [-0.25, -0.2) is 0 Å². The zero-order chi connectivity index (χ0) is 26.2. The summed E-state index contributed by atoms with van der Waals surface area (Å²) in [6.45, 7) is 0.489. The summed E-state index contributed by atoms with van der Waals surface area (Å²) in [6, 6.07) is 21.1. The van der Waals surface area contributed by atoms with E-state index in [-0.39, 0.29) is 17.9 Å². The predicted molar refractivity (Wildman–Crippen MR) is 139 cm³/mol. The molecule has 9 nitrogen and oxygen atoms in total. The van der Waals surface area contributed by atoms with Gasteiger partial charge in [0.2, 0.25) is 0 Å². The smallest absolute Gasteiger partial charge is 0.269 e. The molecule has 0 unspecified atom stereocenters. The SMILES string of the molecule is COc1cc(/C=C(/C#N)C(=O)NCCc2c[nH]c3ccccc23)ccc1OCc1cccc([N+](=O)[O-])c1. The van der Waals surface area contributed by atoms with Crippen molar-refractivity contribution in [3.05, 3.63) is 105 Å². The van der Waals surface area contributed by atoms with E-state index in [9.17, 15) is 20.2 Å². The van der Waals surface area contributed by atoms with E-state index in [1.165, 1.54) is 25.3 Å². The van der Waals surface area contributed by atoms with Crippen LogP contribution in [0.1, 0.15) is 16.7 Å². The molecule has 1 amide bonds. The van der Waals surface area contributed by atoms with Crippen LogP contribution in [0.2, 0.25) is 0 Å². The lowest BCUT2D eigenvalue weighted by Crippen LogP contribution is -2.26. The molecule has 37 heavy (non-hydrogen) atoms. The third-order valence-electron chi connectivity index (χ3n) is 5.73. The number of hydrogen-bond donors (Lipinski definition) is 2. The second-order valence-electron chi connectivity index (χ2n) is 8.16. The second kappa shape index (κ2) is 11.6. The summed E-state index contributed by atoms with van der Waals surface area (Å²) in [5.74, 6) is 0.358. The van der Waals surface area contributed by atoms with Gasteiger partial charge in [-0.3, -0.25) is 14.9 Å². The summed E-state index contributed by atoms with van der Waals surface area (Å²) < 4.78 is 11.2. The molecule has 0 aliphatic heterocycles. The minimum absolute atomic E-state index is 0.0164. The maximum atomic E-state index is 12.6. The number of nitro benzene ring substituents is 1. The van der Waals surface area contributed by atoms with Crippen LogP contribution < -0.4 is 14.8 Å². The van der Waals surface area contributed by atoms with Crippen molar-refractivity contribution < 1.29 is 19.2 Å². The van der Waals surface area contributed by atoms with Crippen LogP contribution in [0.3, 0.4) is 0 Å². The largest absolute Gasteiger partial charge is 0.493 e. The van der Waals surface area contributed by atoms with Crippen molar-refractivity contribution >= 4 is 28.6 Å². The summed E-state index contributed by atoms with van der Waals surface area (Å²) in [5.41, 5.74) is 3.29. The molecule has 0 atom stereocenters. The molecule has 4 rings (SSSR count). The quantitative estimate of drug-likeness (QED) is 0.139. The molecule has 2 N–H and O–H groups in total. The number of nitrogens with zero attached hydrogens (tertiary/aromatic N) is 2. The number of rotatable bonds is 10. The van der Waals surface area contributed by atoms with Crippen LogP contribution in [0.4, 0.5) is 5.69 Å². The molecule has 9 heteroatoms. The van der Waals surface area contributed by atoms with Crippen molar-refractivity contribution in [1.29, 1.82) is 5.26 Å². The fourth-order valence-electron chi connectivity index (χ4n) is 3.87. The van der Waals surface area contributed by atoms with E-state index in [2.05, 4.69) is 10.3 Å². The standard InChI is InChI=1S/C28H24N4O5/c1-36-27-15-19(9-10-26(27)37-18-20-5-4-6-23(14-20)32(34)35)13-22(16-29)28(33)30-12-11-21-17-31-25-8-3-2-7-24(21)25/h2-10,13-15,17,31H,11-12,18H2,1H3,(H,30,33)/b22-13-. The summed E-state index contributed by atoms with van der Waals surface area (Å²) in [4.78, 5) is 26.3. The van der Waals surface area contributed by atoms with E-state index >= 15 is 0 Å². The van der Waals surface area contributed by atoms with Crippen molar-refractivity contribution in [2.24, 2.45) is 0 Å². The number of non-ortho nitro benzene ring substituents is 1. The van der Waals surface area contributed by atoms with Crippen molar-refractivity contribution in [2.45, 2.75) is 13.0 Å². The molecule has 0 aliphatic carbocycles. The normalized spacial score (nSPS) is 11.1. The highest BCUT2D eigenvalue weighted by Crippen LogP contribution is 2.30. The van der Waals surface area contributed by atoms with E-state index in [1.54, 1.807) is 30.3 Å². The molecule has 0 saturated heterocycles. The number of nitrogens with one attached hydrogen (secondary N) is 2. The van der Waals surface area contributed by atoms with E-state index in [1.807, 2.05) is 36.5 Å². The molecule has 186 valence electrons. The lowest BCUT2D eigenvalue weighted by atomic mass is 10.1. The van der Waals surface area contributed by atoms with Gasteiger partial charge in [0.1, 0.15) is 18.2 Å². The third kappa shape index (κ3) is 6.13. The van der Waals surface area contributed by atoms with Gasteiger partial charge in [0, 0.05) is 35.8 Å². The number of carbonyl (C=O) groups is 1. The zero-order valence-corrected chi connectivity index (χ0v) is 20.1. The van der Waals surface area contributed by atoms with Gasteiger partial charge in [0.25, 0.3) is 11.6 Å². The number of carbonyl (C=O) groups excluding carboxylic acids is 1. The number of hydrogen-bond acceptors (Lipinski definition) is 6. The van der Waals surface area contributed by atoms with Gasteiger partial charge in [-0.05, 0) is 47.4 Å². The summed E-state index contributed by atoms with van der Waals surface area (Å²) >= 11 is 0.